The number of nitrogen functional groups attached to an aromatic ring is 1. The summed E-state index contributed by atoms with van der Waals surface area (Å²) in [5.41, 5.74) is 7.93. The molecule has 1 aliphatic rings. The lowest BCUT2D eigenvalue weighted by Crippen LogP contribution is -2.38. The van der Waals surface area contributed by atoms with Crippen LogP contribution in [0.4, 0.5) is 11.4 Å². The number of nitrogens with two attached hydrogens (primary N) is 1. The smallest absolute Gasteiger partial charge is 0.161 e. The van der Waals surface area contributed by atoms with Crippen molar-refractivity contribution in [2.45, 2.75) is 39.2 Å². The van der Waals surface area contributed by atoms with Gasteiger partial charge in [-0.1, -0.05) is 6.42 Å². The minimum absolute atomic E-state index is 0.00911. The van der Waals surface area contributed by atoms with E-state index in [0.717, 1.165) is 12.2 Å². The third-order valence-corrected chi connectivity index (χ3v) is 3.83. The number of Topliss-reactive ketones (excluding diaryl/α,β-unsaturated/α-hetero) is 1. The Hall–Kier alpha value is -1.55. The normalized spacial score (nSPS) is 17.7. The van der Waals surface area contributed by atoms with Gasteiger partial charge in [-0.3, -0.25) is 4.79 Å². The van der Waals surface area contributed by atoms with Gasteiger partial charge >= 0.3 is 0 Å². The second-order valence-electron chi connectivity index (χ2n) is 5.76. The summed E-state index contributed by atoms with van der Waals surface area (Å²) >= 11 is 0. The molecule has 0 amide bonds. The van der Waals surface area contributed by atoms with Gasteiger partial charge in [0.1, 0.15) is 0 Å². The van der Waals surface area contributed by atoms with Crippen molar-refractivity contribution in [2.75, 3.05) is 30.7 Å². The molecule has 0 aromatic heterocycles. The number of piperidine rings is 1. The first-order chi connectivity index (χ1) is 9.56. The predicted octanol–water partition coefficient (Wildman–Crippen LogP) is 2.76. The number of hydrogen-bond acceptors (Lipinski definition) is 4. The fourth-order valence-corrected chi connectivity index (χ4v) is 2.81. The zero-order chi connectivity index (χ0) is 14.5. The van der Waals surface area contributed by atoms with E-state index >= 15 is 0 Å². The van der Waals surface area contributed by atoms with Gasteiger partial charge in [0.05, 0.1) is 0 Å². The van der Waals surface area contributed by atoms with Gasteiger partial charge < -0.3 is 16.0 Å². The quantitative estimate of drug-likeness (QED) is 0.641. The molecule has 1 unspecified atom stereocenters. The van der Waals surface area contributed by atoms with Gasteiger partial charge in [-0.05, 0) is 58.0 Å². The van der Waals surface area contributed by atoms with Crippen LogP contribution in [0, 0.1) is 0 Å². The Morgan fingerprint density at radius 1 is 1.35 bits per heavy atom. The van der Waals surface area contributed by atoms with Gasteiger partial charge in [-0.25, -0.2) is 0 Å². The van der Waals surface area contributed by atoms with Crippen molar-refractivity contribution >= 4 is 17.2 Å². The van der Waals surface area contributed by atoms with Crippen LogP contribution in [-0.4, -0.2) is 36.4 Å². The summed E-state index contributed by atoms with van der Waals surface area (Å²) in [6.45, 7) is 7.17. The average molecular weight is 275 g/mol. The number of anilines is 2. The number of rotatable bonds is 5. The first-order valence-electron chi connectivity index (χ1n) is 7.45. The molecular formula is C16H25N3O. The third-order valence-electron chi connectivity index (χ3n) is 3.83. The number of benzene rings is 1. The van der Waals surface area contributed by atoms with E-state index in [0.29, 0.717) is 17.3 Å². The van der Waals surface area contributed by atoms with E-state index in [1.165, 1.54) is 32.4 Å². The number of hydrogen-bond donors (Lipinski definition) is 2. The van der Waals surface area contributed by atoms with Crippen LogP contribution in [-0.2, 0) is 0 Å². The van der Waals surface area contributed by atoms with Crippen molar-refractivity contribution in [2.24, 2.45) is 0 Å². The van der Waals surface area contributed by atoms with E-state index in [4.69, 9.17) is 5.73 Å². The molecule has 110 valence electrons. The highest BCUT2D eigenvalue weighted by Crippen LogP contribution is 2.19. The fraction of sp³-hybridized carbons (Fsp3) is 0.562. The molecule has 0 saturated carbocycles. The van der Waals surface area contributed by atoms with Crippen LogP contribution in [0.25, 0.3) is 0 Å². The van der Waals surface area contributed by atoms with E-state index < -0.39 is 0 Å². The highest BCUT2D eigenvalue weighted by atomic mass is 16.1. The molecule has 1 aromatic carbocycles. The zero-order valence-corrected chi connectivity index (χ0v) is 12.5. The lowest BCUT2D eigenvalue weighted by molar-refractivity contribution is 0.101. The van der Waals surface area contributed by atoms with Crippen LogP contribution in [0.5, 0.6) is 0 Å². The Bertz CT molecular complexity index is 467. The van der Waals surface area contributed by atoms with E-state index in [1.54, 1.807) is 13.0 Å². The number of ketones is 1. The summed E-state index contributed by atoms with van der Waals surface area (Å²) in [7, 11) is 0. The molecule has 1 heterocycles. The van der Waals surface area contributed by atoms with Crippen LogP contribution in [0.15, 0.2) is 18.2 Å². The molecule has 0 aliphatic carbocycles. The van der Waals surface area contributed by atoms with Crippen LogP contribution >= 0.6 is 0 Å². The predicted molar refractivity (Wildman–Crippen MR) is 84.2 cm³/mol. The number of carbonyl (C=O) groups excluding carboxylic acids is 1. The van der Waals surface area contributed by atoms with E-state index in [2.05, 4.69) is 17.1 Å². The van der Waals surface area contributed by atoms with Crippen LogP contribution in [0.3, 0.4) is 0 Å². The van der Waals surface area contributed by atoms with Crippen LogP contribution < -0.4 is 11.1 Å². The van der Waals surface area contributed by atoms with Crippen molar-refractivity contribution in [3.05, 3.63) is 23.8 Å². The van der Waals surface area contributed by atoms with Gasteiger partial charge in [0.15, 0.2) is 5.78 Å². The maximum absolute atomic E-state index is 11.5. The Balaban J connectivity index is 1.95. The van der Waals surface area contributed by atoms with Gasteiger partial charge in [-0.2, -0.15) is 0 Å². The summed E-state index contributed by atoms with van der Waals surface area (Å²) in [6, 6.07) is 5.95. The molecule has 4 nitrogen and oxygen atoms in total. The van der Waals surface area contributed by atoms with Crippen molar-refractivity contribution in [3.8, 4) is 0 Å². The number of nitrogens with one attached hydrogen (secondary N) is 1. The highest BCUT2D eigenvalue weighted by Gasteiger charge is 2.14. The average Bonchev–Trinajstić information content (AvgIpc) is 2.41. The zero-order valence-electron chi connectivity index (χ0n) is 12.5. The molecule has 0 bridgehead atoms. The molecule has 3 N–H and O–H groups in total. The Morgan fingerprint density at radius 3 is 2.70 bits per heavy atom. The molecule has 20 heavy (non-hydrogen) atoms. The summed E-state index contributed by atoms with van der Waals surface area (Å²) in [5, 5.41) is 3.46. The van der Waals surface area contributed by atoms with Crippen LogP contribution in [0.2, 0.25) is 0 Å². The van der Waals surface area contributed by atoms with E-state index in [1.807, 2.05) is 12.1 Å². The monoisotopic (exact) mass is 275 g/mol. The second kappa shape index (κ2) is 6.75. The summed E-state index contributed by atoms with van der Waals surface area (Å²) in [5.74, 6) is 0.00911. The number of likely N-dealkylation sites (tertiary alicyclic amines) is 1. The van der Waals surface area contributed by atoms with Gasteiger partial charge in [-0.15, -0.1) is 0 Å². The molecule has 1 saturated heterocycles. The summed E-state index contributed by atoms with van der Waals surface area (Å²) in [6.07, 6.45) is 3.98. The third kappa shape index (κ3) is 3.97. The lowest BCUT2D eigenvalue weighted by atomic mass is 10.1. The fourth-order valence-electron chi connectivity index (χ4n) is 2.81. The topological polar surface area (TPSA) is 58.4 Å². The molecule has 1 aromatic rings. The molecule has 0 radical (unpaired) electrons. The Labute approximate surface area is 121 Å². The molecule has 1 fully saturated rings. The van der Waals surface area contributed by atoms with Gasteiger partial charge in [0.25, 0.3) is 0 Å². The maximum atomic E-state index is 11.5. The molecule has 4 heteroatoms. The first kappa shape index (κ1) is 14.9. The molecule has 1 aliphatic heterocycles. The minimum Gasteiger partial charge on any atom is -0.398 e. The first-order valence-corrected chi connectivity index (χ1v) is 7.45. The Morgan fingerprint density at radius 2 is 2.05 bits per heavy atom. The van der Waals surface area contributed by atoms with E-state index in [9.17, 15) is 4.79 Å². The number of carbonyl (C=O) groups is 1. The second-order valence-corrected chi connectivity index (χ2v) is 5.76. The maximum Gasteiger partial charge on any atom is 0.161 e. The van der Waals surface area contributed by atoms with Crippen molar-refractivity contribution in [1.29, 1.82) is 0 Å². The van der Waals surface area contributed by atoms with Gasteiger partial charge in [0.2, 0.25) is 0 Å². The summed E-state index contributed by atoms with van der Waals surface area (Å²) < 4.78 is 0. The highest BCUT2D eigenvalue weighted by molar-refractivity contribution is 6.00. The molecular weight excluding hydrogens is 250 g/mol. The molecule has 1 atom stereocenters. The van der Waals surface area contributed by atoms with Gasteiger partial charge in [0, 0.05) is 29.5 Å². The summed E-state index contributed by atoms with van der Waals surface area (Å²) in [4.78, 5) is 14.0. The largest absolute Gasteiger partial charge is 0.398 e. The molecule has 0 spiro atoms. The van der Waals surface area contributed by atoms with Crippen molar-refractivity contribution in [1.82, 2.24) is 4.90 Å². The SMILES string of the molecule is CC(=O)c1cc(NC(C)CN2CCCCC2)ccc1N. The van der Waals surface area contributed by atoms with E-state index in [-0.39, 0.29) is 5.78 Å². The minimum atomic E-state index is 0.00911. The van der Waals surface area contributed by atoms with Crippen molar-refractivity contribution in [3.63, 3.8) is 0 Å². The Kier molecular flexibility index (Phi) is 5.01. The molecule has 2 rings (SSSR count). The lowest BCUT2D eigenvalue weighted by Gasteiger charge is -2.29. The van der Waals surface area contributed by atoms with Crippen molar-refractivity contribution < 1.29 is 4.79 Å². The standard InChI is InChI=1S/C16H25N3O/c1-12(11-19-8-4-3-5-9-19)18-14-6-7-16(17)15(10-14)13(2)20/h6-7,10,12,18H,3-5,8-9,11,17H2,1-2H3. The number of nitrogens with zero attached hydrogens (tertiary/aromatic N) is 1. The van der Waals surface area contributed by atoms with Crippen LogP contribution in [0.1, 0.15) is 43.5 Å².